The van der Waals surface area contributed by atoms with Crippen molar-refractivity contribution in [2.75, 3.05) is 41.9 Å². The van der Waals surface area contributed by atoms with Crippen LogP contribution < -0.4 is 10.6 Å². The minimum absolute atomic E-state index is 0.0102. The first-order valence-electron chi connectivity index (χ1n) is 18.1. The number of carbonyl (C=O) groups excluding carboxylic acids is 4. The third-order valence-corrected chi connectivity index (χ3v) is 10.6. The van der Waals surface area contributed by atoms with Crippen LogP contribution in [0, 0.1) is 17.8 Å². The zero-order valence-electron chi connectivity index (χ0n) is 32.5. The number of nitrogens with zero attached hydrogens (tertiary/aromatic N) is 3. The van der Waals surface area contributed by atoms with E-state index in [0.717, 1.165) is 12.8 Å². The first-order valence-corrected chi connectivity index (χ1v) is 18.1. The number of hydrogen-bond donors (Lipinski definition) is 3. The fourth-order valence-corrected chi connectivity index (χ4v) is 6.92. The van der Waals surface area contributed by atoms with E-state index in [-0.39, 0.29) is 47.9 Å². The Morgan fingerprint density at radius 2 is 1.56 bits per heavy atom. The summed E-state index contributed by atoms with van der Waals surface area (Å²) in [4.78, 5) is 59.8. The zero-order valence-corrected chi connectivity index (χ0v) is 32.5. The lowest BCUT2D eigenvalue weighted by Gasteiger charge is -2.41. The van der Waals surface area contributed by atoms with Crippen molar-refractivity contribution in [2.45, 2.75) is 123 Å². The summed E-state index contributed by atoms with van der Waals surface area (Å²) < 4.78 is 11.9. The number of aliphatic hydroxyl groups excluding tert-OH is 1. The predicted molar refractivity (Wildman–Crippen MR) is 195 cm³/mol. The van der Waals surface area contributed by atoms with Crippen LogP contribution in [-0.4, -0.2) is 128 Å². The van der Waals surface area contributed by atoms with E-state index in [1.54, 1.807) is 56.7 Å². The van der Waals surface area contributed by atoms with Gasteiger partial charge in [-0.2, -0.15) is 0 Å². The summed E-state index contributed by atoms with van der Waals surface area (Å²) in [6, 6.07) is 6.72. The minimum Gasteiger partial charge on any atom is -0.386 e. The average Bonchev–Trinajstić information content (AvgIpc) is 3.58. The smallest absolute Gasteiger partial charge is 0.245 e. The molecule has 10 atom stereocenters. The largest absolute Gasteiger partial charge is 0.386 e. The Morgan fingerprint density at radius 3 is 2.08 bits per heavy atom. The van der Waals surface area contributed by atoms with Crippen LogP contribution in [0.25, 0.3) is 0 Å². The molecule has 1 unspecified atom stereocenters. The molecule has 1 fully saturated rings. The molecule has 1 saturated heterocycles. The van der Waals surface area contributed by atoms with Gasteiger partial charge in [0.1, 0.15) is 6.04 Å². The molecule has 50 heavy (non-hydrogen) atoms. The highest BCUT2D eigenvalue weighted by molar-refractivity contribution is 5.90. The van der Waals surface area contributed by atoms with E-state index in [1.807, 2.05) is 72.1 Å². The van der Waals surface area contributed by atoms with E-state index in [2.05, 4.69) is 10.6 Å². The van der Waals surface area contributed by atoms with Gasteiger partial charge in [0.15, 0.2) is 0 Å². The molecule has 1 aromatic carbocycles. The second kappa shape index (κ2) is 20.1. The van der Waals surface area contributed by atoms with Gasteiger partial charge in [-0.3, -0.25) is 24.1 Å². The molecular weight excluding hydrogens is 638 g/mol. The van der Waals surface area contributed by atoms with Crippen molar-refractivity contribution in [2.24, 2.45) is 17.8 Å². The van der Waals surface area contributed by atoms with Crippen molar-refractivity contribution < 1.29 is 33.8 Å². The summed E-state index contributed by atoms with van der Waals surface area (Å²) in [6.45, 7) is 13.7. The molecule has 0 aliphatic carbocycles. The lowest BCUT2D eigenvalue weighted by Crippen LogP contribution is -2.59. The SMILES string of the molecule is CC[C@H](C)[C@@H](C(CC(=O)N1CCC[C@H]1[C@H](OC)[C@@H](C)C(=O)N[C@H](C)[C@@H](O)c1ccccc1)OC)N(C)C(=O)[C@@H](NC(=O)[C@H](C)N(C)C)C(C)C. The van der Waals surface area contributed by atoms with Gasteiger partial charge in [0.2, 0.25) is 23.6 Å². The Hall–Kier alpha value is -3.06. The Labute approximate surface area is 300 Å². The molecule has 0 aromatic heterocycles. The van der Waals surface area contributed by atoms with Gasteiger partial charge in [-0.25, -0.2) is 0 Å². The van der Waals surface area contributed by atoms with Crippen molar-refractivity contribution in [1.29, 1.82) is 0 Å². The number of rotatable bonds is 19. The van der Waals surface area contributed by atoms with Gasteiger partial charge in [-0.1, -0.05) is 71.4 Å². The van der Waals surface area contributed by atoms with Gasteiger partial charge in [-0.05, 0) is 58.2 Å². The first-order chi connectivity index (χ1) is 23.5. The van der Waals surface area contributed by atoms with Crippen molar-refractivity contribution in [3.8, 4) is 0 Å². The van der Waals surface area contributed by atoms with Crippen molar-refractivity contribution in [3.05, 3.63) is 35.9 Å². The number of amides is 4. The Balaban J connectivity index is 2.23. The summed E-state index contributed by atoms with van der Waals surface area (Å²) in [6.07, 6.45) is 0.163. The Morgan fingerprint density at radius 1 is 0.940 bits per heavy atom. The average molecular weight is 704 g/mol. The van der Waals surface area contributed by atoms with Gasteiger partial charge in [0, 0.05) is 27.8 Å². The molecule has 1 aliphatic rings. The standard InChI is InChI=1S/C38H65N5O7/c1-13-24(4)33(42(10)38(48)32(23(2)3)40-37(47)27(7)41(8)9)30(49-11)22-31(44)43-21-17-20-29(43)35(50-12)25(5)36(46)39-26(6)34(45)28-18-15-14-16-19-28/h14-16,18-19,23-27,29-30,32-35,45H,13,17,20-22H2,1-12H3,(H,39,46)(H,40,47)/t24-,25+,26+,27-,29-,30?,32-,33-,34+,35+/m0/s1. The topological polar surface area (TPSA) is 141 Å². The van der Waals surface area contributed by atoms with Crippen LogP contribution >= 0.6 is 0 Å². The summed E-state index contributed by atoms with van der Waals surface area (Å²) in [5.41, 5.74) is 0.711. The monoisotopic (exact) mass is 703 g/mol. The van der Waals surface area contributed by atoms with E-state index < -0.39 is 48.4 Å². The maximum absolute atomic E-state index is 14.1. The number of likely N-dealkylation sites (N-methyl/N-ethyl adjacent to an activating group) is 2. The summed E-state index contributed by atoms with van der Waals surface area (Å²) in [7, 11) is 8.47. The van der Waals surface area contributed by atoms with Gasteiger partial charge in [-0.15, -0.1) is 0 Å². The lowest BCUT2D eigenvalue weighted by atomic mass is 9.89. The molecule has 1 aromatic rings. The van der Waals surface area contributed by atoms with E-state index in [9.17, 15) is 24.3 Å². The zero-order chi connectivity index (χ0) is 37.9. The number of likely N-dealkylation sites (tertiary alicyclic amines) is 1. The van der Waals surface area contributed by atoms with E-state index >= 15 is 0 Å². The van der Waals surface area contributed by atoms with Crippen LogP contribution in [-0.2, 0) is 28.7 Å². The van der Waals surface area contributed by atoms with Crippen molar-refractivity contribution in [3.63, 3.8) is 0 Å². The molecule has 2 rings (SSSR count). The molecule has 1 aliphatic heterocycles. The van der Waals surface area contributed by atoms with Crippen LogP contribution in [0.3, 0.4) is 0 Å². The van der Waals surface area contributed by atoms with Gasteiger partial charge in [0.25, 0.3) is 0 Å². The van der Waals surface area contributed by atoms with Gasteiger partial charge in [0.05, 0.1) is 54.8 Å². The molecule has 284 valence electrons. The number of aliphatic hydroxyl groups is 1. The molecular formula is C38H65N5O7. The van der Waals surface area contributed by atoms with E-state index in [4.69, 9.17) is 9.47 Å². The molecule has 12 nitrogen and oxygen atoms in total. The second-order valence-electron chi connectivity index (χ2n) is 14.6. The van der Waals surface area contributed by atoms with E-state index in [1.165, 1.54) is 0 Å². The molecule has 3 N–H and O–H groups in total. The fraction of sp³-hybridized carbons (Fsp3) is 0.737. The number of carbonyl (C=O) groups is 4. The highest BCUT2D eigenvalue weighted by Gasteiger charge is 2.43. The lowest BCUT2D eigenvalue weighted by molar-refractivity contribution is -0.148. The quantitative estimate of drug-likeness (QED) is 0.200. The highest BCUT2D eigenvalue weighted by atomic mass is 16.5. The molecule has 12 heteroatoms. The highest BCUT2D eigenvalue weighted by Crippen LogP contribution is 2.30. The molecule has 0 spiro atoms. The summed E-state index contributed by atoms with van der Waals surface area (Å²) in [5, 5.41) is 16.7. The number of hydrogen-bond acceptors (Lipinski definition) is 8. The van der Waals surface area contributed by atoms with Crippen LogP contribution in [0.4, 0.5) is 0 Å². The third-order valence-electron chi connectivity index (χ3n) is 10.6. The van der Waals surface area contributed by atoms with E-state index in [0.29, 0.717) is 18.5 Å². The molecule has 0 radical (unpaired) electrons. The minimum atomic E-state index is -0.874. The van der Waals surface area contributed by atoms with Gasteiger partial charge < -0.3 is 35.0 Å². The van der Waals surface area contributed by atoms with Crippen LogP contribution in [0.5, 0.6) is 0 Å². The molecule has 0 saturated carbocycles. The second-order valence-corrected chi connectivity index (χ2v) is 14.6. The summed E-state index contributed by atoms with van der Waals surface area (Å²) >= 11 is 0. The number of nitrogens with one attached hydrogen (secondary N) is 2. The number of benzene rings is 1. The maximum atomic E-state index is 14.1. The Bertz CT molecular complexity index is 1230. The molecule has 1 heterocycles. The van der Waals surface area contributed by atoms with Crippen LogP contribution in [0.15, 0.2) is 30.3 Å². The normalized spacial score (nSPS) is 20.3. The molecule has 0 bridgehead atoms. The summed E-state index contributed by atoms with van der Waals surface area (Å²) in [5.74, 6) is -1.64. The molecule has 4 amide bonds. The fourth-order valence-electron chi connectivity index (χ4n) is 6.92. The number of ether oxygens (including phenoxy) is 2. The maximum Gasteiger partial charge on any atom is 0.245 e. The van der Waals surface area contributed by atoms with Gasteiger partial charge >= 0.3 is 0 Å². The Kier molecular flexibility index (Phi) is 17.3. The first kappa shape index (κ1) is 43.1. The third kappa shape index (κ3) is 11.0. The van der Waals surface area contributed by atoms with Crippen molar-refractivity contribution >= 4 is 23.6 Å². The predicted octanol–water partition coefficient (Wildman–Crippen LogP) is 3.24. The van der Waals surface area contributed by atoms with Crippen molar-refractivity contribution in [1.82, 2.24) is 25.3 Å². The van der Waals surface area contributed by atoms with Crippen LogP contribution in [0.1, 0.15) is 85.8 Å². The number of methoxy groups -OCH3 is 2. The van der Waals surface area contributed by atoms with Crippen LogP contribution in [0.2, 0.25) is 0 Å².